The van der Waals surface area contributed by atoms with Gasteiger partial charge in [0.1, 0.15) is 0 Å². The molecule has 3 rings (SSSR count). The van der Waals surface area contributed by atoms with E-state index >= 15 is 0 Å². The van der Waals surface area contributed by atoms with E-state index in [2.05, 4.69) is 20.1 Å². The zero-order valence-corrected chi connectivity index (χ0v) is 11.9. The van der Waals surface area contributed by atoms with Gasteiger partial charge in [-0.3, -0.25) is 4.90 Å². The van der Waals surface area contributed by atoms with E-state index in [1.165, 1.54) is 55.5 Å². The van der Waals surface area contributed by atoms with Gasteiger partial charge in [0.05, 0.1) is 0 Å². The highest BCUT2D eigenvalue weighted by Crippen LogP contribution is 2.28. The third-order valence-electron chi connectivity index (χ3n) is 3.98. The third-order valence-corrected chi connectivity index (χ3v) is 5.04. The van der Waals surface area contributed by atoms with E-state index in [1.54, 1.807) is 0 Å². The number of nitrogens with zero attached hydrogens (tertiary/aromatic N) is 3. The molecular formula is C13H22N4S. The van der Waals surface area contributed by atoms with Crippen molar-refractivity contribution in [2.24, 2.45) is 0 Å². The monoisotopic (exact) mass is 266 g/mol. The first-order chi connectivity index (χ1) is 8.86. The molecule has 0 aromatic carbocycles. The fourth-order valence-electron chi connectivity index (χ4n) is 3.02. The van der Waals surface area contributed by atoms with E-state index in [1.807, 2.05) is 24.6 Å². The van der Waals surface area contributed by atoms with Crippen LogP contribution in [-0.2, 0) is 6.54 Å². The Balaban J connectivity index is 1.60. The molecule has 5 heteroatoms. The molecule has 2 saturated heterocycles. The predicted molar refractivity (Wildman–Crippen MR) is 76.3 cm³/mol. The Morgan fingerprint density at radius 1 is 1.39 bits per heavy atom. The molecule has 18 heavy (non-hydrogen) atoms. The molecule has 2 fully saturated rings. The number of anilines is 1. The van der Waals surface area contributed by atoms with E-state index in [0.717, 1.165) is 12.6 Å². The first-order valence-electron chi connectivity index (χ1n) is 6.95. The molecule has 1 aromatic heterocycles. The van der Waals surface area contributed by atoms with E-state index in [9.17, 15) is 0 Å². The molecule has 0 radical (unpaired) electrons. The largest absolute Gasteiger partial charge is 0.346 e. The third kappa shape index (κ3) is 2.53. The summed E-state index contributed by atoms with van der Waals surface area (Å²) in [6.45, 7) is 5.89. The number of hydrogen-bond donors (Lipinski definition) is 1. The van der Waals surface area contributed by atoms with Crippen LogP contribution in [0.2, 0.25) is 0 Å². The first kappa shape index (κ1) is 12.4. The van der Waals surface area contributed by atoms with Crippen LogP contribution in [0.25, 0.3) is 0 Å². The van der Waals surface area contributed by atoms with Crippen LogP contribution in [0.5, 0.6) is 0 Å². The molecule has 1 unspecified atom stereocenters. The van der Waals surface area contributed by atoms with Crippen LogP contribution in [0.15, 0.2) is 6.20 Å². The van der Waals surface area contributed by atoms with Gasteiger partial charge < -0.3 is 10.2 Å². The quantitative estimate of drug-likeness (QED) is 0.896. The van der Waals surface area contributed by atoms with Gasteiger partial charge in [0.15, 0.2) is 5.13 Å². The van der Waals surface area contributed by atoms with Crippen molar-refractivity contribution >= 4 is 16.5 Å². The van der Waals surface area contributed by atoms with Crippen molar-refractivity contribution in [2.45, 2.75) is 31.8 Å². The van der Waals surface area contributed by atoms with Crippen LogP contribution in [0, 0.1) is 0 Å². The Bertz CT molecular complexity index is 386. The van der Waals surface area contributed by atoms with Crippen LogP contribution in [-0.4, -0.2) is 49.2 Å². The standard InChI is InChI=1S/C13H22N4S/c1-14-8-12-9-15-13(18-12)17-7-4-11(10-17)16-5-2-3-6-16/h9,11,14H,2-8,10H2,1H3. The number of likely N-dealkylation sites (tertiary alicyclic amines) is 1. The van der Waals surface area contributed by atoms with E-state index in [4.69, 9.17) is 0 Å². The van der Waals surface area contributed by atoms with Gasteiger partial charge in [-0.1, -0.05) is 0 Å². The molecule has 1 atom stereocenters. The topological polar surface area (TPSA) is 31.4 Å². The maximum absolute atomic E-state index is 4.56. The van der Waals surface area contributed by atoms with Gasteiger partial charge in [0.2, 0.25) is 0 Å². The Morgan fingerprint density at radius 2 is 2.22 bits per heavy atom. The van der Waals surface area contributed by atoms with Gasteiger partial charge in [0.25, 0.3) is 0 Å². The maximum Gasteiger partial charge on any atom is 0.185 e. The fourth-order valence-corrected chi connectivity index (χ4v) is 3.98. The van der Waals surface area contributed by atoms with E-state index < -0.39 is 0 Å². The molecule has 1 aromatic rings. The Kier molecular flexibility index (Phi) is 3.82. The van der Waals surface area contributed by atoms with Crippen molar-refractivity contribution in [1.29, 1.82) is 0 Å². The molecule has 2 aliphatic heterocycles. The minimum Gasteiger partial charge on any atom is -0.346 e. The van der Waals surface area contributed by atoms with Crippen LogP contribution in [0.1, 0.15) is 24.1 Å². The molecule has 4 nitrogen and oxygen atoms in total. The van der Waals surface area contributed by atoms with Crippen LogP contribution in [0.3, 0.4) is 0 Å². The normalized spacial score (nSPS) is 25.2. The van der Waals surface area contributed by atoms with Crippen molar-refractivity contribution in [3.63, 3.8) is 0 Å². The molecule has 3 heterocycles. The summed E-state index contributed by atoms with van der Waals surface area (Å²) in [5.74, 6) is 0. The van der Waals surface area contributed by atoms with E-state index in [-0.39, 0.29) is 0 Å². The lowest BCUT2D eigenvalue weighted by atomic mass is 10.2. The summed E-state index contributed by atoms with van der Waals surface area (Å²) >= 11 is 1.83. The minimum atomic E-state index is 0.768. The lowest BCUT2D eigenvalue weighted by Gasteiger charge is -2.23. The molecule has 0 saturated carbocycles. The highest BCUT2D eigenvalue weighted by atomic mass is 32.1. The summed E-state index contributed by atoms with van der Waals surface area (Å²) < 4.78 is 0. The van der Waals surface area contributed by atoms with Gasteiger partial charge in [-0.15, -0.1) is 11.3 Å². The lowest BCUT2D eigenvalue weighted by Crippen LogP contribution is -2.35. The Labute approximate surface area is 113 Å². The zero-order valence-electron chi connectivity index (χ0n) is 11.1. The van der Waals surface area contributed by atoms with Gasteiger partial charge in [-0.25, -0.2) is 4.98 Å². The zero-order chi connectivity index (χ0) is 12.4. The second-order valence-corrected chi connectivity index (χ2v) is 6.36. The van der Waals surface area contributed by atoms with Crippen LogP contribution in [0.4, 0.5) is 5.13 Å². The number of hydrogen-bond acceptors (Lipinski definition) is 5. The Morgan fingerprint density at radius 3 is 3.00 bits per heavy atom. The second-order valence-electron chi connectivity index (χ2n) is 5.27. The highest BCUT2D eigenvalue weighted by Gasteiger charge is 2.30. The molecule has 0 amide bonds. The number of nitrogens with one attached hydrogen (secondary N) is 1. The lowest BCUT2D eigenvalue weighted by molar-refractivity contribution is 0.260. The van der Waals surface area contributed by atoms with Crippen molar-refractivity contribution in [3.05, 3.63) is 11.1 Å². The molecule has 0 bridgehead atoms. The maximum atomic E-state index is 4.56. The summed E-state index contributed by atoms with van der Waals surface area (Å²) in [5.41, 5.74) is 0. The van der Waals surface area contributed by atoms with Crippen LogP contribution >= 0.6 is 11.3 Å². The fraction of sp³-hybridized carbons (Fsp3) is 0.769. The minimum absolute atomic E-state index is 0.768. The van der Waals surface area contributed by atoms with Gasteiger partial charge in [-0.2, -0.15) is 0 Å². The summed E-state index contributed by atoms with van der Waals surface area (Å²) in [4.78, 5) is 11.0. The van der Waals surface area contributed by atoms with Crippen molar-refractivity contribution in [3.8, 4) is 0 Å². The molecule has 0 aliphatic carbocycles. The van der Waals surface area contributed by atoms with Gasteiger partial charge >= 0.3 is 0 Å². The average molecular weight is 266 g/mol. The Hall–Kier alpha value is -0.650. The number of rotatable bonds is 4. The summed E-state index contributed by atoms with van der Waals surface area (Å²) in [7, 11) is 1.98. The summed E-state index contributed by atoms with van der Waals surface area (Å²) in [5, 5.41) is 4.40. The molecule has 2 aliphatic rings. The van der Waals surface area contributed by atoms with Crippen molar-refractivity contribution in [1.82, 2.24) is 15.2 Å². The number of thiazole rings is 1. The highest BCUT2D eigenvalue weighted by molar-refractivity contribution is 7.15. The predicted octanol–water partition coefficient (Wildman–Crippen LogP) is 1.54. The van der Waals surface area contributed by atoms with Crippen molar-refractivity contribution in [2.75, 3.05) is 38.1 Å². The SMILES string of the molecule is CNCc1cnc(N2CCC(N3CCCC3)C2)s1. The van der Waals surface area contributed by atoms with Crippen LogP contribution < -0.4 is 10.2 Å². The molecule has 100 valence electrons. The van der Waals surface area contributed by atoms with Gasteiger partial charge in [-0.05, 0) is 39.4 Å². The smallest absolute Gasteiger partial charge is 0.185 e. The van der Waals surface area contributed by atoms with Crippen molar-refractivity contribution < 1.29 is 0 Å². The second kappa shape index (κ2) is 5.55. The molecular weight excluding hydrogens is 244 g/mol. The van der Waals surface area contributed by atoms with Gasteiger partial charge in [0, 0.05) is 36.8 Å². The number of aromatic nitrogens is 1. The average Bonchev–Trinajstić information content (AvgIpc) is 3.10. The first-order valence-corrected chi connectivity index (χ1v) is 7.77. The molecule has 1 N–H and O–H groups in total. The molecule has 0 spiro atoms. The van der Waals surface area contributed by atoms with E-state index in [0.29, 0.717) is 0 Å². The summed E-state index contributed by atoms with van der Waals surface area (Å²) in [6.07, 6.45) is 6.10. The summed E-state index contributed by atoms with van der Waals surface area (Å²) in [6, 6.07) is 0.768.